The molecule has 0 aromatic heterocycles. The van der Waals surface area contributed by atoms with Gasteiger partial charge >= 0.3 is 0 Å². The van der Waals surface area contributed by atoms with E-state index in [1.165, 1.54) is 25.8 Å². The van der Waals surface area contributed by atoms with Gasteiger partial charge in [-0.25, -0.2) is 0 Å². The largest absolute Gasteiger partial charge is 0.314 e. The SMILES string of the molecule is CCC1CCCN1.[HH]. The van der Waals surface area contributed by atoms with Crippen LogP contribution in [0.2, 0.25) is 0 Å². The highest BCUT2D eigenvalue weighted by Crippen LogP contribution is 2.06. The second-order valence-corrected chi connectivity index (χ2v) is 2.20. The lowest BCUT2D eigenvalue weighted by atomic mass is 10.2. The molecule has 1 fully saturated rings. The quantitative estimate of drug-likeness (QED) is 0.526. The predicted octanol–water partition coefficient (Wildman–Crippen LogP) is 1.39. The Bertz CT molecular complexity index is 50.5. The van der Waals surface area contributed by atoms with Gasteiger partial charge in [-0.05, 0) is 25.8 Å². The zero-order valence-corrected chi connectivity index (χ0v) is 4.91. The Kier molecular flexibility index (Phi) is 1.69. The standard InChI is InChI=1S/C6H13N.H2/c1-2-6-4-3-5-7-6;/h6-7H,2-5H2,1H3;1H. The van der Waals surface area contributed by atoms with Crippen LogP contribution in [-0.4, -0.2) is 12.6 Å². The van der Waals surface area contributed by atoms with Crippen LogP contribution in [0.15, 0.2) is 0 Å². The van der Waals surface area contributed by atoms with E-state index < -0.39 is 0 Å². The fourth-order valence-corrected chi connectivity index (χ4v) is 1.11. The van der Waals surface area contributed by atoms with Crippen molar-refractivity contribution in [2.45, 2.75) is 32.2 Å². The molecule has 7 heavy (non-hydrogen) atoms. The Morgan fingerprint density at radius 2 is 2.71 bits per heavy atom. The summed E-state index contributed by atoms with van der Waals surface area (Å²) in [5, 5.41) is 3.41. The van der Waals surface area contributed by atoms with Crippen molar-refractivity contribution in [3.8, 4) is 0 Å². The average Bonchev–Trinajstić information content (AvgIpc) is 2.14. The van der Waals surface area contributed by atoms with Gasteiger partial charge in [0.2, 0.25) is 0 Å². The van der Waals surface area contributed by atoms with Crippen LogP contribution >= 0.6 is 0 Å². The Morgan fingerprint density at radius 1 is 1.86 bits per heavy atom. The first-order valence-electron chi connectivity index (χ1n) is 3.17. The summed E-state index contributed by atoms with van der Waals surface area (Å²) in [5.74, 6) is 0. The van der Waals surface area contributed by atoms with Crippen LogP contribution in [0.1, 0.15) is 27.6 Å². The molecule has 0 radical (unpaired) electrons. The van der Waals surface area contributed by atoms with Crippen LogP contribution in [-0.2, 0) is 0 Å². The molecule has 0 aromatic rings. The molecular formula is C6H15N. The van der Waals surface area contributed by atoms with E-state index in [0.29, 0.717) is 0 Å². The third-order valence-electron chi connectivity index (χ3n) is 1.66. The molecule has 0 spiro atoms. The van der Waals surface area contributed by atoms with Crippen LogP contribution in [0.25, 0.3) is 0 Å². The molecular weight excluding hydrogens is 86.1 g/mol. The smallest absolute Gasteiger partial charge is 0.00649 e. The number of hydrogen-bond acceptors (Lipinski definition) is 1. The molecule has 1 heterocycles. The van der Waals surface area contributed by atoms with E-state index in [1.54, 1.807) is 0 Å². The molecule has 0 bridgehead atoms. The lowest BCUT2D eigenvalue weighted by Gasteiger charge is -2.02. The summed E-state index contributed by atoms with van der Waals surface area (Å²) < 4.78 is 0. The third kappa shape index (κ3) is 1.16. The zero-order chi connectivity index (χ0) is 5.11. The fourth-order valence-electron chi connectivity index (χ4n) is 1.11. The number of rotatable bonds is 1. The van der Waals surface area contributed by atoms with Gasteiger partial charge in [-0.1, -0.05) is 6.92 Å². The van der Waals surface area contributed by atoms with Crippen molar-refractivity contribution in [1.82, 2.24) is 5.32 Å². The molecule has 1 saturated heterocycles. The van der Waals surface area contributed by atoms with E-state index in [-0.39, 0.29) is 1.43 Å². The topological polar surface area (TPSA) is 12.0 Å². The minimum absolute atomic E-state index is 0. The molecule has 1 unspecified atom stereocenters. The van der Waals surface area contributed by atoms with E-state index in [1.807, 2.05) is 0 Å². The predicted molar refractivity (Wildman–Crippen MR) is 33.4 cm³/mol. The summed E-state index contributed by atoms with van der Waals surface area (Å²) in [7, 11) is 0. The third-order valence-corrected chi connectivity index (χ3v) is 1.66. The highest BCUT2D eigenvalue weighted by Gasteiger charge is 2.09. The summed E-state index contributed by atoms with van der Waals surface area (Å²) in [5.41, 5.74) is 0. The second-order valence-electron chi connectivity index (χ2n) is 2.20. The maximum atomic E-state index is 3.41. The van der Waals surface area contributed by atoms with Gasteiger partial charge < -0.3 is 5.32 Å². The fraction of sp³-hybridized carbons (Fsp3) is 1.00. The summed E-state index contributed by atoms with van der Waals surface area (Å²) in [6, 6.07) is 0.847. The van der Waals surface area contributed by atoms with Crippen LogP contribution in [0, 0.1) is 0 Å². The Balaban J connectivity index is 0.000000490. The Hall–Kier alpha value is -0.0400. The Morgan fingerprint density at radius 3 is 3.00 bits per heavy atom. The highest BCUT2D eigenvalue weighted by molar-refractivity contribution is 4.71. The monoisotopic (exact) mass is 101 g/mol. The highest BCUT2D eigenvalue weighted by atomic mass is 14.9. The van der Waals surface area contributed by atoms with Gasteiger partial charge in [0, 0.05) is 7.47 Å². The second kappa shape index (κ2) is 2.31. The van der Waals surface area contributed by atoms with Crippen LogP contribution < -0.4 is 5.32 Å². The van der Waals surface area contributed by atoms with Crippen molar-refractivity contribution in [3.63, 3.8) is 0 Å². The first-order chi connectivity index (χ1) is 3.43. The number of hydrogen-bond donors (Lipinski definition) is 1. The van der Waals surface area contributed by atoms with Crippen molar-refractivity contribution >= 4 is 0 Å². The van der Waals surface area contributed by atoms with Crippen LogP contribution in [0.3, 0.4) is 0 Å². The normalized spacial score (nSPS) is 31.3. The van der Waals surface area contributed by atoms with Crippen molar-refractivity contribution in [3.05, 3.63) is 0 Å². The molecule has 1 aliphatic rings. The van der Waals surface area contributed by atoms with Gasteiger partial charge in [-0.2, -0.15) is 0 Å². The molecule has 0 saturated carbocycles. The maximum Gasteiger partial charge on any atom is 0.00649 e. The summed E-state index contributed by atoms with van der Waals surface area (Å²) in [4.78, 5) is 0. The minimum atomic E-state index is 0. The van der Waals surface area contributed by atoms with Gasteiger partial charge in [-0.3, -0.25) is 0 Å². The van der Waals surface area contributed by atoms with Crippen molar-refractivity contribution in [2.24, 2.45) is 0 Å². The van der Waals surface area contributed by atoms with Crippen LogP contribution in [0.5, 0.6) is 0 Å². The first-order valence-corrected chi connectivity index (χ1v) is 3.17. The van der Waals surface area contributed by atoms with E-state index in [0.717, 1.165) is 6.04 Å². The van der Waals surface area contributed by atoms with E-state index in [9.17, 15) is 0 Å². The van der Waals surface area contributed by atoms with Crippen molar-refractivity contribution < 1.29 is 1.43 Å². The molecule has 1 N–H and O–H groups in total. The zero-order valence-electron chi connectivity index (χ0n) is 4.91. The average molecular weight is 101 g/mol. The molecule has 1 atom stereocenters. The first kappa shape index (κ1) is 5.10. The summed E-state index contributed by atoms with van der Waals surface area (Å²) >= 11 is 0. The van der Waals surface area contributed by atoms with E-state index in [2.05, 4.69) is 12.2 Å². The molecule has 0 aliphatic carbocycles. The minimum Gasteiger partial charge on any atom is -0.314 e. The van der Waals surface area contributed by atoms with Crippen molar-refractivity contribution in [2.75, 3.05) is 6.54 Å². The van der Waals surface area contributed by atoms with Gasteiger partial charge in [0.05, 0.1) is 0 Å². The summed E-state index contributed by atoms with van der Waals surface area (Å²) in [6.07, 6.45) is 4.09. The summed E-state index contributed by atoms with van der Waals surface area (Å²) in [6.45, 7) is 3.49. The maximum absolute atomic E-state index is 3.41. The van der Waals surface area contributed by atoms with E-state index >= 15 is 0 Å². The molecule has 1 aliphatic heterocycles. The number of nitrogens with one attached hydrogen (secondary N) is 1. The molecule has 44 valence electrons. The molecule has 1 nitrogen and oxygen atoms in total. The lowest BCUT2D eigenvalue weighted by Crippen LogP contribution is -2.19. The van der Waals surface area contributed by atoms with Gasteiger partial charge in [0.15, 0.2) is 0 Å². The van der Waals surface area contributed by atoms with Crippen molar-refractivity contribution in [1.29, 1.82) is 0 Å². The van der Waals surface area contributed by atoms with Gasteiger partial charge in [-0.15, -0.1) is 0 Å². The van der Waals surface area contributed by atoms with Crippen LogP contribution in [0.4, 0.5) is 0 Å². The molecule has 1 heteroatoms. The van der Waals surface area contributed by atoms with Gasteiger partial charge in [0.1, 0.15) is 0 Å². The molecule has 0 amide bonds. The molecule has 1 rings (SSSR count). The van der Waals surface area contributed by atoms with Gasteiger partial charge in [0.25, 0.3) is 0 Å². The lowest BCUT2D eigenvalue weighted by molar-refractivity contribution is 0.587. The Labute approximate surface area is 46.6 Å². The molecule has 0 aromatic carbocycles. The van der Waals surface area contributed by atoms with E-state index in [4.69, 9.17) is 0 Å².